The van der Waals surface area contributed by atoms with Crippen LogP contribution in [0.1, 0.15) is 0 Å². The molecule has 1 aromatic heterocycles. The lowest BCUT2D eigenvalue weighted by molar-refractivity contribution is -0.119. The highest BCUT2D eigenvalue weighted by Gasteiger charge is 2.13. The number of rotatable bonds is 3. The van der Waals surface area contributed by atoms with E-state index >= 15 is 0 Å². The van der Waals surface area contributed by atoms with Gasteiger partial charge in [-0.05, 0) is 15.9 Å². The zero-order valence-electron chi connectivity index (χ0n) is 8.29. The molecule has 0 aliphatic heterocycles. The van der Waals surface area contributed by atoms with Crippen LogP contribution >= 0.6 is 27.5 Å². The third kappa shape index (κ3) is 3.04. The van der Waals surface area contributed by atoms with Gasteiger partial charge in [0.2, 0.25) is 5.91 Å². The van der Waals surface area contributed by atoms with Crippen molar-refractivity contribution in [3.05, 3.63) is 16.0 Å². The van der Waals surface area contributed by atoms with Crippen molar-refractivity contribution in [1.29, 1.82) is 0 Å². The minimum absolute atomic E-state index is 0.0980. The van der Waals surface area contributed by atoms with E-state index in [1.165, 1.54) is 6.33 Å². The molecule has 0 bridgehead atoms. The van der Waals surface area contributed by atoms with Crippen LogP contribution < -0.4 is 10.2 Å². The van der Waals surface area contributed by atoms with E-state index in [1.54, 1.807) is 19.0 Å². The summed E-state index contributed by atoms with van der Waals surface area (Å²) in [7, 11) is 3.33. The summed E-state index contributed by atoms with van der Waals surface area (Å²) in [5, 5.41) is 2.85. The van der Waals surface area contributed by atoms with Crippen LogP contribution in [-0.4, -0.2) is 36.5 Å². The molecule has 15 heavy (non-hydrogen) atoms. The van der Waals surface area contributed by atoms with Gasteiger partial charge >= 0.3 is 0 Å². The van der Waals surface area contributed by atoms with Gasteiger partial charge in [-0.3, -0.25) is 4.79 Å². The maximum absolute atomic E-state index is 11.1. The Bertz CT molecular complexity index is 374. The number of amides is 1. The van der Waals surface area contributed by atoms with Crippen LogP contribution in [0.4, 0.5) is 5.82 Å². The molecule has 0 radical (unpaired) electrons. The molecular formula is C8H10BrClN4O. The number of hydrogen-bond donors (Lipinski definition) is 1. The largest absolute Gasteiger partial charge is 0.358 e. The third-order valence-electron chi connectivity index (χ3n) is 1.75. The van der Waals surface area contributed by atoms with Crippen molar-refractivity contribution in [1.82, 2.24) is 15.3 Å². The summed E-state index contributed by atoms with van der Waals surface area (Å²) in [6.45, 7) is 0.211. The number of nitrogens with one attached hydrogen (secondary N) is 1. The number of likely N-dealkylation sites (N-methyl/N-ethyl adjacent to an activating group) is 2. The van der Waals surface area contributed by atoms with Crippen molar-refractivity contribution in [3.8, 4) is 0 Å². The first-order valence-corrected chi connectivity index (χ1v) is 5.31. The van der Waals surface area contributed by atoms with Crippen LogP contribution in [-0.2, 0) is 4.79 Å². The summed E-state index contributed by atoms with van der Waals surface area (Å²) in [5.74, 6) is 0.484. The van der Waals surface area contributed by atoms with Crippen molar-refractivity contribution in [2.24, 2.45) is 0 Å². The van der Waals surface area contributed by atoms with E-state index in [0.717, 1.165) is 0 Å². The summed E-state index contributed by atoms with van der Waals surface area (Å²) in [5.41, 5.74) is 0. The van der Waals surface area contributed by atoms with Gasteiger partial charge in [0.15, 0.2) is 0 Å². The summed E-state index contributed by atoms with van der Waals surface area (Å²) in [6.07, 6.45) is 1.35. The van der Waals surface area contributed by atoms with E-state index in [-0.39, 0.29) is 12.5 Å². The molecule has 0 aromatic carbocycles. The van der Waals surface area contributed by atoms with Crippen LogP contribution in [0.15, 0.2) is 10.8 Å². The second-order valence-electron chi connectivity index (χ2n) is 2.83. The normalized spacial score (nSPS) is 9.87. The van der Waals surface area contributed by atoms with E-state index in [0.29, 0.717) is 15.4 Å². The van der Waals surface area contributed by atoms with Gasteiger partial charge in [-0.15, -0.1) is 0 Å². The molecule has 0 aliphatic rings. The highest BCUT2D eigenvalue weighted by atomic mass is 79.9. The molecule has 0 spiro atoms. The van der Waals surface area contributed by atoms with E-state index in [4.69, 9.17) is 11.6 Å². The van der Waals surface area contributed by atoms with Gasteiger partial charge in [0, 0.05) is 14.1 Å². The lowest BCUT2D eigenvalue weighted by Gasteiger charge is -2.18. The number of halogens is 2. The Hall–Kier alpha value is -0.880. The van der Waals surface area contributed by atoms with E-state index in [9.17, 15) is 4.79 Å². The Balaban J connectivity index is 2.86. The van der Waals surface area contributed by atoms with E-state index in [2.05, 4.69) is 31.2 Å². The predicted molar refractivity (Wildman–Crippen MR) is 62.1 cm³/mol. The van der Waals surface area contributed by atoms with Gasteiger partial charge in [-0.1, -0.05) is 11.6 Å². The van der Waals surface area contributed by atoms with Gasteiger partial charge in [0.05, 0.1) is 11.0 Å². The number of carbonyl (C=O) groups is 1. The van der Waals surface area contributed by atoms with Gasteiger partial charge < -0.3 is 10.2 Å². The molecule has 7 heteroatoms. The molecule has 1 N–H and O–H groups in total. The quantitative estimate of drug-likeness (QED) is 0.847. The second-order valence-corrected chi connectivity index (χ2v) is 3.98. The Morgan fingerprint density at radius 2 is 2.33 bits per heavy atom. The number of anilines is 1. The molecule has 0 saturated carbocycles. The highest BCUT2D eigenvalue weighted by Crippen LogP contribution is 2.27. The fourth-order valence-electron chi connectivity index (χ4n) is 0.975. The number of nitrogens with zero attached hydrogens (tertiary/aromatic N) is 3. The second kappa shape index (κ2) is 5.27. The molecule has 0 unspecified atom stereocenters. The SMILES string of the molecule is CNC(=O)CN(C)c1ncnc(Cl)c1Br. The summed E-state index contributed by atoms with van der Waals surface area (Å²) in [6, 6.07) is 0. The first-order valence-electron chi connectivity index (χ1n) is 4.14. The van der Waals surface area contributed by atoms with Gasteiger partial charge in [-0.2, -0.15) is 0 Å². The fourth-order valence-corrected chi connectivity index (χ4v) is 1.61. The van der Waals surface area contributed by atoms with Gasteiger partial charge in [0.25, 0.3) is 0 Å². The summed E-state index contributed by atoms with van der Waals surface area (Å²) < 4.78 is 0.582. The topological polar surface area (TPSA) is 58.1 Å². The first kappa shape index (κ1) is 12.2. The monoisotopic (exact) mass is 292 g/mol. The summed E-state index contributed by atoms with van der Waals surface area (Å²) in [4.78, 5) is 20.7. The van der Waals surface area contributed by atoms with Crippen LogP contribution in [0.25, 0.3) is 0 Å². The van der Waals surface area contributed by atoms with E-state index < -0.39 is 0 Å². The molecule has 1 amide bonds. The molecule has 1 aromatic rings. The Labute approximate surface area is 101 Å². The molecule has 1 rings (SSSR count). The maximum atomic E-state index is 11.1. The van der Waals surface area contributed by atoms with Crippen molar-refractivity contribution in [2.45, 2.75) is 0 Å². The van der Waals surface area contributed by atoms with Crippen molar-refractivity contribution >= 4 is 39.3 Å². The van der Waals surface area contributed by atoms with Crippen LogP contribution in [0.5, 0.6) is 0 Å². The molecule has 1 heterocycles. The zero-order valence-corrected chi connectivity index (χ0v) is 10.6. The maximum Gasteiger partial charge on any atom is 0.239 e. The lowest BCUT2D eigenvalue weighted by atomic mass is 10.4. The zero-order chi connectivity index (χ0) is 11.4. The molecular weight excluding hydrogens is 283 g/mol. The van der Waals surface area contributed by atoms with Crippen LogP contribution in [0.3, 0.4) is 0 Å². The fraction of sp³-hybridized carbons (Fsp3) is 0.375. The van der Waals surface area contributed by atoms with Crippen LogP contribution in [0.2, 0.25) is 5.15 Å². The van der Waals surface area contributed by atoms with Crippen molar-refractivity contribution < 1.29 is 4.79 Å². The molecule has 82 valence electrons. The third-order valence-corrected chi connectivity index (χ3v) is 2.99. The highest BCUT2D eigenvalue weighted by molar-refractivity contribution is 9.10. The average Bonchev–Trinajstić information content (AvgIpc) is 2.21. The first-order chi connectivity index (χ1) is 7.06. The molecule has 5 nitrogen and oxygen atoms in total. The number of carbonyl (C=O) groups excluding carboxylic acids is 1. The van der Waals surface area contributed by atoms with Crippen molar-refractivity contribution in [3.63, 3.8) is 0 Å². The Morgan fingerprint density at radius 3 is 2.93 bits per heavy atom. The standard InChI is InChI=1S/C8H10BrClN4O/c1-11-5(15)3-14(2)8-6(9)7(10)12-4-13-8/h4H,3H2,1-2H3,(H,11,15). The van der Waals surface area contributed by atoms with Crippen molar-refractivity contribution in [2.75, 3.05) is 25.5 Å². The number of hydrogen-bond acceptors (Lipinski definition) is 4. The summed E-state index contributed by atoms with van der Waals surface area (Å²) >= 11 is 9.07. The van der Waals surface area contributed by atoms with E-state index in [1.807, 2.05) is 0 Å². The van der Waals surface area contributed by atoms with Gasteiger partial charge in [-0.25, -0.2) is 9.97 Å². The lowest BCUT2D eigenvalue weighted by Crippen LogP contribution is -2.33. The molecule has 0 fully saturated rings. The molecule has 0 aliphatic carbocycles. The number of aromatic nitrogens is 2. The minimum Gasteiger partial charge on any atom is -0.358 e. The smallest absolute Gasteiger partial charge is 0.239 e. The molecule has 0 atom stereocenters. The average molecular weight is 294 g/mol. The Morgan fingerprint density at radius 1 is 1.67 bits per heavy atom. The van der Waals surface area contributed by atoms with Gasteiger partial charge in [0.1, 0.15) is 17.3 Å². The Kier molecular flexibility index (Phi) is 4.28. The molecule has 0 saturated heterocycles. The minimum atomic E-state index is -0.0980. The van der Waals surface area contributed by atoms with Crippen LogP contribution in [0, 0.1) is 0 Å². The predicted octanol–water partition coefficient (Wildman–Crippen LogP) is 1.07.